The molecule has 1 N–H and O–H groups in total. The van der Waals surface area contributed by atoms with Crippen molar-refractivity contribution >= 4 is 11.3 Å². The maximum Gasteiger partial charge on any atom is 0.0181 e. The highest BCUT2D eigenvalue weighted by Gasteiger charge is 1.89. The Bertz CT molecular complexity index is 317. The van der Waals surface area contributed by atoms with E-state index in [0.29, 0.717) is 6.54 Å². The van der Waals surface area contributed by atoms with Gasteiger partial charge in [-0.25, -0.2) is 4.72 Å². The van der Waals surface area contributed by atoms with Gasteiger partial charge in [-0.2, -0.15) is 0 Å². The molecule has 0 aliphatic carbocycles. The summed E-state index contributed by atoms with van der Waals surface area (Å²) in [6.07, 6.45) is 7.13. The number of hydrogen-bond donors (Lipinski definition) is 1. The minimum absolute atomic E-state index is 0.586. The molecule has 0 fully saturated rings. The van der Waals surface area contributed by atoms with Crippen LogP contribution in [0.4, 0.5) is 0 Å². The summed E-state index contributed by atoms with van der Waals surface area (Å²) in [5.74, 6) is 0. The highest BCUT2D eigenvalue weighted by molar-refractivity contribution is 7.77. The van der Waals surface area contributed by atoms with Gasteiger partial charge in [-0.1, -0.05) is 74.9 Å². The lowest BCUT2D eigenvalue weighted by molar-refractivity contribution is 0.518. The predicted octanol–water partition coefficient (Wildman–Crippen LogP) is 3.73. The predicted molar refractivity (Wildman–Crippen MR) is 81.5 cm³/mol. The Balaban J connectivity index is 0.000000388. The Hall–Kier alpha value is -0.710. The van der Waals surface area contributed by atoms with E-state index in [9.17, 15) is 8.76 Å². The molecule has 0 saturated carbocycles. The molecule has 19 heavy (non-hydrogen) atoms. The third-order valence-electron chi connectivity index (χ3n) is 2.69. The summed E-state index contributed by atoms with van der Waals surface area (Å²) >= 11 is -2.07. The maximum atomic E-state index is 10.0. The third-order valence-corrected chi connectivity index (χ3v) is 3.13. The minimum Gasteiger partial charge on any atom is -0.760 e. The fraction of sp³-hybridized carbons (Fsp3) is 0.600. The van der Waals surface area contributed by atoms with Crippen LogP contribution in [0.15, 0.2) is 30.3 Å². The van der Waals surface area contributed by atoms with Gasteiger partial charge in [0.25, 0.3) is 0 Å². The van der Waals surface area contributed by atoms with E-state index < -0.39 is 11.3 Å². The number of aryl methyl sites for hydroxylation is 1. The molecule has 1 aromatic carbocycles. The number of benzene rings is 1. The second kappa shape index (κ2) is 13.7. The van der Waals surface area contributed by atoms with Gasteiger partial charge in [0.15, 0.2) is 0 Å². The molecule has 0 saturated heterocycles. The van der Waals surface area contributed by atoms with E-state index in [2.05, 4.69) is 30.7 Å². The summed E-state index contributed by atoms with van der Waals surface area (Å²) in [4.78, 5) is 0. The van der Waals surface area contributed by atoms with Gasteiger partial charge in [0, 0.05) is 17.8 Å². The third kappa shape index (κ3) is 15.2. The van der Waals surface area contributed by atoms with Crippen LogP contribution in [0.2, 0.25) is 0 Å². The van der Waals surface area contributed by atoms with E-state index in [1.165, 1.54) is 31.2 Å². The summed E-state index contributed by atoms with van der Waals surface area (Å²) in [5.41, 5.74) is 1.32. The van der Waals surface area contributed by atoms with Gasteiger partial charge < -0.3 is 4.55 Å². The first kappa shape index (κ1) is 18.3. The van der Waals surface area contributed by atoms with Crippen molar-refractivity contribution in [1.82, 2.24) is 4.72 Å². The van der Waals surface area contributed by atoms with Crippen LogP contribution in [0.3, 0.4) is 0 Å². The lowest BCUT2D eigenvalue weighted by Crippen LogP contribution is -2.17. The van der Waals surface area contributed by atoms with Crippen molar-refractivity contribution < 1.29 is 8.76 Å². The molecular weight excluding hydrogens is 258 g/mol. The van der Waals surface area contributed by atoms with Gasteiger partial charge in [-0.3, -0.25) is 4.21 Å². The SMILES string of the molecule is CCCCCCCCNS(=O)[O-].Cc1ccccc1. The van der Waals surface area contributed by atoms with Crippen molar-refractivity contribution in [2.75, 3.05) is 6.54 Å². The van der Waals surface area contributed by atoms with Crippen LogP contribution >= 0.6 is 0 Å². The first-order valence-corrected chi connectivity index (χ1v) is 8.08. The van der Waals surface area contributed by atoms with Gasteiger partial charge in [-0.15, -0.1) is 0 Å². The second-order valence-electron chi connectivity index (χ2n) is 4.55. The fourth-order valence-corrected chi connectivity index (χ4v) is 1.91. The Labute approximate surface area is 120 Å². The molecule has 1 aromatic rings. The zero-order valence-corrected chi connectivity index (χ0v) is 12.9. The molecule has 0 aliphatic rings. The molecule has 0 spiro atoms. The average molecular weight is 284 g/mol. The number of rotatable bonds is 8. The Morgan fingerprint density at radius 3 is 2.11 bits per heavy atom. The molecule has 0 aliphatic heterocycles. The zero-order valence-electron chi connectivity index (χ0n) is 12.1. The van der Waals surface area contributed by atoms with Crippen LogP contribution < -0.4 is 4.72 Å². The normalized spacial score (nSPS) is 11.5. The van der Waals surface area contributed by atoms with Crippen molar-refractivity contribution in [3.63, 3.8) is 0 Å². The first-order valence-electron chi connectivity index (χ1n) is 7.01. The molecule has 0 aromatic heterocycles. The first-order chi connectivity index (χ1) is 9.16. The lowest BCUT2D eigenvalue weighted by atomic mass is 10.1. The van der Waals surface area contributed by atoms with Crippen molar-refractivity contribution in [3.8, 4) is 0 Å². The minimum atomic E-state index is -2.07. The van der Waals surface area contributed by atoms with E-state index in [1.54, 1.807) is 0 Å². The van der Waals surface area contributed by atoms with E-state index in [-0.39, 0.29) is 0 Å². The zero-order chi connectivity index (χ0) is 14.3. The fourth-order valence-electron chi connectivity index (χ4n) is 1.60. The molecule has 1 unspecified atom stereocenters. The molecule has 0 bridgehead atoms. The maximum absolute atomic E-state index is 10.0. The average Bonchev–Trinajstić information content (AvgIpc) is 2.39. The van der Waals surface area contributed by atoms with Gasteiger partial charge in [0.2, 0.25) is 0 Å². The Morgan fingerprint density at radius 1 is 1.05 bits per heavy atom. The summed E-state index contributed by atoms with van der Waals surface area (Å²) in [6, 6.07) is 10.3. The van der Waals surface area contributed by atoms with Crippen LogP contribution in [-0.2, 0) is 11.3 Å². The number of hydrogen-bond acceptors (Lipinski definition) is 2. The van der Waals surface area contributed by atoms with Crippen LogP contribution in [0.25, 0.3) is 0 Å². The molecule has 0 amide bonds. The van der Waals surface area contributed by atoms with Crippen LogP contribution in [0.5, 0.6) is 0 Å². The lowest BCUT2D eigenvalue weighted by Gasteiger charge is -2.05. The molecule has 1 atom stereocenters. The standard InChI is InChI=1S/C8H19NO2S.C7H8/c1-2-3-4-5-6-7-8-9-12(10)11;1-7-5-3-2-4-6-7/h9H,2-8H2,1H3,(H,10,11);2-6H,1H3/p-1. The van der Waals surface area contributed by atoms with E-state index in [4.69, 9.17) is 0 Å². The Kier molecular flexibility index (Phi) is 13.2. The monoisotopic (exact) mass is 284 g/mol. The molecule has 1 rings (SSSR count). The van der Waals surface area contributed by atoms with E-state index in [0.717, 1.165) is 12.8 Å². The summed E-state index contributed by atoms with van der Waals surface area (Å²) in [6.45, 7) is 4.85. The summed E-state index contributed by atoms with van der Waals surface area (Å²) < 4.78 is 22.4. The van der Waals surface area contributed by atoms with E-state index >= 15 is 0 Å². The highest BCUT2D eigenvalue weighted by atomic mass is 32.2. The molecule has 0 radical (unpaired) electrons. The summed E-state index contributed by atoms with van der Waals surface area (Å²) in [7, 11) is 0. The van der Waals surface area contributed by atoms with Crippen molar-refractivity contribution in [3.05, 3.63) is 35.9 Å². The topological polar surface area (TPSA) is 52.2 Å². The van der Waals surface area contributed by atoms with E-state index in [1.807, 2.05) is 18.2 Å². The number of nitrogens with one attached hydrogen (secondary N) is 1. The number of unbranched alkanes of at least 4 members (excludes halogenated alkanes) is 5. The molecule has 3 nitrogen and oxygen atoms in total. The summed E-state index contributed by atoms with van der Waals surface area (Å²) in [5, 5.41) is 0. The quantitative estimate of drug-likeness (QED) is 0.584. The van der Waals surface area contributed by atoms with Gasteiger partial charge in [-0.05, 0) is 13.3 Å². The molecule has 4 heteroatoms. The van der Waals surface area contributed by atoms with Crippen molar-refractivity contribution in [2.24, 2.45) is 0 Å². The Morgan fingerprint density at radius 2 is 1.63 bits per heavy atom. The van der Waals surface area contributed by atoms with Crippen LogP contribution in [0, 0.1) is 6.92 Å². The van der Waals surface area contributed by atoms with Crippen LogP contribution in [0.1, 0.15) is 51.0 Å². The van der Waals surface area contributed by atoms with Crippen molar-refractivity contribution in [1.29, 1.82) is 0 Å². The van der Waals surface area contributed by atoms with Gasteiger partial charge in [0.05, 0.1) is 0 Å². The van der Waals surface area contributed by atoms with Crippen molar-refractivity contribution in [2.45, 2.75) is 52.4 Å². The second-order valence-corrected chi connectivity index (χ2v) is 5.31. The van der Waals surface area contributed by atoms with Crippen LogP contribution in [-0.4, -0.2) is 15.3 Å². The van der Waals surface area contributed by atoms with Gasteiger partial charge >= 0.3 is 0 Å². The largest absolute Gasteiger partial charge is 0.760 e. The molecule has 0 heterocycles. The smallest absolute Gasteiger partial charge is 0.0181 e. The van der Waals surface area contributed by atoms with Gasteiger partial charge in [0.1, 0.15) is 0 Å². The highest BCUT2D eigenvalue weighted by Crippen LogP contribution is 2.03. The molecule has 110 valence electrons. The molecular formula is C15H26NO2S-.